The van der Waals surface area contributed by atoms with Gasteiger partial charge in [0, 0.05) is 72.8 Å². The zero-order chi connectivity index (χ0) is 26.2. The Morgan fingerprint density at radius 3 is 3.00 bits per heavy atom. The highest BCUT2D eigenvalue weighted by Crippen LogP contribution is 2.31. The molecule has 6 rings (SSSR count). The number of piperazine rings is 1. The minimum atomic E-state index is -0.503. The van der Waals surface area contributed by atoms with Gasteiger partial charge in [-0.25, -0.2) is 9.37 Å². The van der Waals surface area contributed by atoms with Gasteiger partial charge in [-0.05, 0) is 37.2 Å². The third-order valence-electron chi connectivity index (χ3n) is 6.97. The van der Waals surface area contributed by atoms with Gasteiger partial charge < -0.3 is 25.6 Å². The number of carbonyl (C=O) groups excluding carboxylic acids is 1. The average Bonchev–Trinajstić information content (AvgIpc) is 3.56. The summed E-state index contributed by atoms with van der Waals surface area (Å²) >= 11 is 0. The van der Waals surface area contributed by atoms with Gasteiger partial charge in [-0.1, -0.05) is 6.58 Å². The quantitative estimate of drug-likeness (QED) is 0.359. The maximum atomic E-state index is 14.6. The van der Waals surface area contributed by atoms with Crippen LogP contribution in [0.4, 0.5) is 15.8 Å². The van der Waals surface area contributed by atoms with Crippen LogP contribution in [-0.2, 0) is 7.05 Å². The molecule has 3 N–H and O–H groups in total. The van der Waals surface area contributed by atoms with Crippen LogP contribution < -0.4 is 25.6 Å². The first-order chi connectivity index (χ1) is 18.4. The van der Waals surface area contributed by atoms with Crippen LogP contribution in [0.15, 0.2) is 48.9 Å². The number of carbonyl (C=O) groups is 1. The molecule has 10 nitrogen and oxygen atoms in total. The monoisotopic (exact) mass is 516 g/mol. The van der Waals surface area contributed by atoms with E-state index in [1.807, 2.05) is 6.07 Å². The van der Waals surface area contributed by atoms with Gasteiger partial charge in [0.15, 0.2) is 5.82 Å². The van der Waals surface area contributed by atoms with Gasteiger partial charge in [-0.3, -0.25) is 9.48 Å². The molecule has 2 aliphatic heterocycles. The summed E-state index contributed by atoms with van der Waals surface area (Å²) in [5, 5.41) is 14.9. The van der Waals surface area contributed by atoms with Crippen molar-refractivity contribution >= 4 is 39.1 Å². The molecule has 0 spiro atoms. The fraction of sp³-hybridized carbons (Fsp3) is 0.333. The Morgan fingerprint density at radius 1 is 1.29 bits per heavy atom. The molecule has 0 aliphatic carbocycles. The first kappa shape index (κ1) is 24.1. The van der Waals surface area contributed by atoms with Crippen LogP contribution in [0.3, 0.4) is 0 Å². The third kappa shape index (κ3) is 4.72. The SMILES string of the molecule is C=C1CN(c2ccc(C(=O)Nc3cc(F)c4nn(C)cc4c3)c3nc(OCC4CCNC4)ncc23)CCN1. The van der Waals surface area contributed by atoms with E-state index in [1.54, 1.807) is 31.6 Å². The summed E-state index contributed by atoms with van der Waals surface area (Å²) in [6.45, 7) is 8.61. The van der Waals surface area contributed by atoms with Crippen LogP contribution in [0.5, 0.6) is 6.01 Å². The Kier molecular flexibility index (Phi) is 6.28. The number of benzene rings is 2. The predicted molar refractivity (Wildman–Crippen MR) is 144 cm³/mol. The summed E-state index contributed by atoms with van der Waals surface area (Å²) in [4.78, 5) is 24.8. The topological polar surface area (TPSA) is 109 Å². The second kappa shape index (κ2) is 9.90. The van der Waals surface area contributed by atoms with E-state index in [0.29, 0.717) is 41.2 Å². The molecule has 4 heterocycles. The zero-order valence-corrected chi connectivity index (χ0v) is 21.1. The molecule has 2 fully saturated rings. The van der Waals surface area contributed by atoms with Crippen molar-refractivity contribution in [1.29, 1.82) is 0 Å². The zero-order valence-electron chi connectivity index (χ0n) is 21.1. The number of ether oxygens (including phenoxy) is 1. The lowest BCUT2D eigenvalue weighted by atomic mass is 10.1. The number of nitrogens with zero attached hydrogens (tertiary/aromatic N) is 5. The van der Waals surface area contributed by atoms with E-state index in [9.17, 15) is 9.18 Å². The molecule has 2 aromatic heterocycles. The van der Waals surface area contributed by atoms with Crippen LogP contribution in [0, 0.1) is 11.7 Å². The van der Waals surface area contributed by atoms with E-state index in [0.717, 1.165) is 49.4 Å². The number of aromatic nitrogens is 4. The molecule has 2 aliphatic rings. The smallest absolute Gasteiger partial charge is 0.316 e. The number of hydrogen-bond acceptors (Lipinski definition) is 8. The number of aryl methyl sites for hydroxylation is 1. The minimum absolute atomic E-state index is 0.225. The van der Waals surface area contributed by atoms with E-state index in [1.165, 1.54) is 10.7 Å². The number of hydrogen-bond donors (Lipinski definition) is 3. The molecular formula is C27H29FN8O2. The van der Waals surface area contributed by atoms with Crippen LogP contribution in [0.2, 0.25) is 0 Å². The lowest BCUT2D eigenvalue weighted by molar-refractivity contribution is 0.102. The van der Waals surface area contributed by atoms with Crippen molar-refractivity contribution in [3.05, 3.63) is 60.3 Å². The molecule has 0 radical (unpaired) electrons. The molecule has 1 atom stereocenters. The third-order valence-corrected chi connectivity index (χ3v) is 6.97. The first-order valence-electron chi connectivity index (χ1n) is 12.7. The largest absolute Gasteiger partial charge is 0.463 e. The van der Waals surface area contributed by atoms with Crippen LogP contribution in [-0.4, -0.2) is 65.0 Å². The lowest BCUT2D eigenvalue weighted by Gasteiger charge is -2.32. The molecule has 1 amide bonds. The number of anilines is 2. The number of amides is 1. The fourth-order valence-electron chi connectivity index (χ4n) is 5.09. The molecule has 2 saturated heterocycles. The fourth-order valence-corrected chi connectivity index (χ4v) is 5.09. The Labute approximate surface area is 218 Å². The number of rotatable bonds is 6. The summed E-state index contributed by atoms with van der Waals surface area (Å²) in [5.74, 6) is -0.511. The molecule has 38 heavy (non-hydrogen) atoms. The summed E-state index contributed by atoms with van der Waals surface area (Å²) in [7, 11) is 1.72. The maximum absolute atomic E-state index is 14.6. The highest BCUT2D eigenvalue weighted by molar-refractivity contribution is 6.14. The van der Waals surface area contributed by atoms with E-state index >= 15 is 0 Å². The van der Waals surface area contributed by atoms with Gasteiger partial charge in [0.2, 0.25) is 0 Å². The summed E-state index contributed by atoms with van der Waals surface area (Å²) < 4.78 is 22.1. The lowest BCUT2D eigenvalue weighted by Crippen LogP contribution is -2.41. The van der Waals surface area contributed by atoms with Crippen molar-refractivity contribution in [2.24, 2.45) is 13.0 Å². The molecule has 4 aromatic rings. The second-order valence-electron chi connectivity index (χ2n) is 9.82. The Morgan fingerprint density at radius 2 is 2.18 bits per heavy atom. The highest BCUT2D eigenvalue weighted by atomic mass is 19.1. The minimum Gasteiger partial charge on any atom is -0.463 e. The van der Waals surface area contributed by atoms with Crippen molar-refractivity contribution < 1.29 is 13.9 Å². The van der Waals surface area contributed by atoms with Gasteiger partial charge in [0.25, 0.3) is 5.91 Å². The first-order valence-corrected chi connectivity index (χ1v) is 12.7. The molecule has 0 bridgehead atoms. The summed E-state index contributed by atoms with van der Waals surface area (Å²) in [5.41, 5.74) is 3.24. The van der Waals surface area contributed by atoms with E-state index in [4.69, 9.17) is 4.74 Å². The van der Waals surface area contributed by atoms with Crippen LogP contribution in [0.1, 0.15) is 16.8 Å². The molecule has 2 aromatic carbocycles. The van der Waals surface area contributed by atoms with Gasteiger partial charge in [0.1, 0.15) is 5.52 Å². The number of halogens is 1. The maximum Gasteiger partial charge on any atom is 0.316 e. The molecule has 196 valence electrons. The van der Waals surface area contributed by atoms with Crippen molar-refractivity contribution in [2.45, 2.75) is 6.42 Å². The average molecular weight is 517 g/mol. The normalized spacial score (nSPS) is 17.7. The number of fused-ring (bicyclic) bond motifs is 2. The van der Waals surface area contributed by atoms with Crippen molar-refractivity contribution in [2.75, 3.05) is 49.5 Å². The van der Waals surface area contributed by atoms with Crippen LogP contribution >= 0.6 is 0 Å². The van der Waals surface area contributed by atoms with Crippen molar-refractivity contribution in [1.82, 2.24) is 30.4 Å². The highest BCUT2D eigenvalue weighted by Gasteiger charge is 2.22. The predicted octanol–water partition coefficient (Wildman–Crippen LogP) is 2.82. The van der Waals surface area contributed by atoms with Crippen molar-refractivity contribution in [3.63, 3.8) is 0 Å². The summed E-state index contributed by atoms with van der Waals surface area (Å²) in [6, 6.07) is 6.84. The Bertz CT molecular complexity index is 1550. The standard InChI is InChI=1S/C27H29FN8O2/c1-16-13-36(8-7-30-16)23-4-3-20(25-21(23)12-31-27(33-25)38-15-17-5-6-29-11-17)26(37)32-19-9-18-14-35(2)34-24(18)22(28)10-19/h3-4,9-10,12,14,17,29-30H,1,5-8,11,13,15H2,2H3,(H,32,37). The molecule has 0 saturated carbocycles. The van der Waals surface area contributed by atoms with Gasteiger partial charge in [-0.15, -0.1) is 0 Å². The molecule has 1 unspecified atom stereocenters. The van der Waals surface area contributed by atoms with Gasteiger partial charge in [0.05, 0.1) is 24.2 Å². The second-order valence-corrected chi connectivity index (χ2v) is 9.82. The van der Waals surface area contributed by atoms with Crippen molar-refractivity contribution in [3.8, 4) is 6.01 Å². The molecule has 11 heteroatoms. The number of nitrogens with one attached hydrogen (secondary N) is 3. The Hall–Kier alpha value is -4.25. The van der Waals surface area contributed by atoms with Crippen LogP contribution in [0.25, 0.3) is 21.8 Å². The Balaban J connectivity index is 1.35. The van der Waals surface area contributed by atoms with E-state index < -0.39 is 11.7 Å². The van der Waals surface area contributed by atoms with Gasteiger partial charge >= 0.3 is 6.01 Å². The van der Waals surface area contributed by atoms with E-state index in [2.05, 4.69) is 42.5 Å². The van der Waals surface area contributed by atoms with E-state index in [-0.39, 0.29) is 11.5 Å². The summed E-state index contributed by atoms with van der Waals surface area (Å²) in [6.07, 6.45) is 4.45. The van der Waals surface area contributed by atoms with Gasteiger partial charge in [-0.2, -0.15) is 10.1 Å². The molecular weight excluding hydrogens is 487 g/mol.